The minimum atomic E-state index is -0.468. The Kier molecular flexibility index (Phi) is 8.98. The van der Waals surface area contributed by atoms with Gasteiger partial charge in [-0.1, -0.05) is 0 Å². The van der Waals surface area contributed by atoms with E-state index >= 15 is 0 Å². The van der Waals surface area contributed by atoms with Crippen LogP contribution in [0.3, 0.4) is 0 Å². The molecule has 0 fully saturated rings. The molecule has 0 aromatic carbocycles. The Morgan fingerprint density at radius 1 is 1.83 bits per heavy atom. The van der Waals surface area contributed by atoms with Crippen molar-refractivity contribution in [3.63, 3.8) is 0 Å². The van der Waals surface area contributed by atoms with Gasteiger partial charge in [0.25, 0.3) is 5.97 Å². The van der Waals surface area contributed by atoms with Gasteiger partial charge in [-0.25, -0.2) is 0 Å². The van der Waals surface area contributed by atoms with Crippen LogP contribution >= 0.6 is 0 Å². The van der Waals surface area contributed by atoms with Crippen LogP contribution in [0.5, 0.6) is 0 Å². The molecule has 2 radical (unpaired) electrons. The molecule has 0 aliphatic rings. The summed E-state index contributed by atoms with van der Waals surface area (Å²) in [6.07, 6.45) is 0. The van der Waals surface area contributed by atoms with Crippen molar-refractivity contribution in [2.24, 2.45) is 0 Å². The zero-order valence-electron chi connectivity index (χ0n) is 2.89. The van der Waals surface area contributed by atoms with Crippen molar-refractivity contribution in [1.29, 1.82) is 0 Å². The summed E-state index contributed by atoms with van der Waals surface area (Å²) in [5.74, 6) is -0.468. The van der Waals surface area contributed by atoms with E-state index in [9.17, 15) is 4.79 Å². The molecule has 0 aromatic rings. The molecule has 0 saturated carbocycles. The van der Waals surface area contributed by atoms with E-state index in [4.69, 9.17) is 0 Å². The molecule has 28 valence electrons. The standard InChI is InChI=1S/C2H3BO2.Na.H/c1-2(4)5-3;;/h1H3;;. The first-order valence-corrected chi connectivity index (χ1v) is 1.14. The Hall–Kier alpha value is 0.535. The second kappa shape index (κ2) is 5.53. The van der Waals surface area contributed by atoms with Gasteiger partial charge in [0.2, 0.25) is 0 Å². The van der Waals surface area contributed by atoms with Crippen molar-refractivity contribution in [2.75, 3.05) is 0 Å². The van der Waals surface area contributed by atoms with E-state index < -0.39 is 5.97 Å². The van der Waals surface area contributed by atoms with Gasteiger partial charge in [0.1, 0.15) is 0 Å². The molecule has 0 spiro atoms. The summed E-state index contributed by atoms with van der Waals surface area (Å²) in [6.45, 7) is 1.24. The molecule has 0 aromatic heterocycles. The zero-order chi connectivity index (χ0) is 4.28. The van der Waals surface area contributed by atoms with Crippen molar-refractivity contribution in [2.45, 2.75) is 6.92 Å². The van der Waals surface area contributed by atoms with Crippen LogP contribution in [-0.4, -0.2) is 43.6 Å². The average Bonchev–Trinajstić information content (AvgIpc) is 1.38. The number of hydrogen-bond acceptors (Lipinski definition) is 2. The Morgan fingerprint density at radius 3 is 2.00 bits per heavy atom. The van der Waals surface area contributed by atoms with Crippen molar-refractivity contribution >= 4 is 43.6 Å². The fourth-order valence-electron chi connectivity index (χ4n) is 0. The summed E-state index contributed by atoms with van der Waals surface area (Å²) in [7, 11) is 4.32. The van der Waals surface area contributed by atoms with Crippen LogP contribution in [0, 0.1) is 0 Å². The summed E-state index contributed by atoms with van der Waals surface area (Å²) >= 11 is 0. The third-order valence-electron chi connectivity index (χ3n) is 0.166. The summed E-state index contributed by atoms with van der Waals surface area (Å²) in [5.41, 5.74) is 0. The summed E-state index contributed by atoms with van der Waals surface area (Å²) < 4.78 is 3.61. The fourth-order valence-corrected chi connectivity index (χ4v) is 0. The van der Waals surface area contributed by atoms with Gasteiger partial charge in [-0.3, -0.25) is 4.79 Å². The predicted molar refractivity (Wildman–Crippen MR) is 24.7 cm³/mol. The molecular weight excluding hydrogens is 89.8 g/mol. The monoisotopic (exact) mass is 94.0 g/mol. The molecule has 6 heavy (non-hydrogen) atoms. The first-order chi connectivity index (χ1) is 2.27. The molecule has 4 heteroatoms. The van der Waals surface area contributed by atoms with E-state index in [1.54, 1.807) is 0 Å². The third-order valence-corrected chi connectivity index (χ3v) is 0.166. The molecule has 0 aliphatic heterocycles. The normalized spacial score (nSPS) is 5.50. The van der Waals surface area contributed by atoms with Gasteiger partial charge in [-0.2, -0.15) is 0 Å². The first kappa shape index (κ1) is 9.73. The molecule has 2 nitrogen and oxygen atoms in total. The Balaban J connectivity index is 0. The van der Waals surface area contributed by atoms with Crippen molar-refractivity contribution in [1.82, 2.24) is 0 Å². The van der Waals surface area contributed by atoms with E-state index in [2.05, 4.69) is 12.7 Å². The van der Waals surface area contributed by atoms with Crippen molar-refractivity contribution in [3.05, 3.63) is 0 Å². The molecule has 0 bridgehead atoms. The maximum absolute atomic E-state index is 9.47. The first-order valence-electron chi connectivity index (χ1n) is 1.14. The molecule has 0 saturated heterocycles. The molecular formula is C2H4BNaO2. The quantitative estimate of drug-likeness (QED) is 0.359. The van der Waals surface area contributed by atoms with E-state index in [-0.39, 0.29) is 29.6 Å². The van der Waals surface area contributed by atoms with Gasteiger partial charge < -0.3 is 4.65 Å². The van der Waals surface area contributed by atoms with Gasteiger partial charge in [-0.15, -0.1) is 0 Å². The van der Waals surface area contributed by atoms with E-state index in [1.807, 2.05) is 0 Å². The molecule has 0 amide bonds. The molecule has 0 aliphatic carbocycles. The number of carbonyl (C=O) groups excluding carboxylic acids is 1. The number of carbonyl (C=O) groups is 1. The third kappa shape index (κ3) is 8.82. The van der Waals surface area contributed by atoms with Crippen LogP contribution in [0.2, 0.25) is 0 Å². The van der Waals surface area contributed by atoms with Gasteiger partial charge >= 0.3 is 37.6 Å². The van der Waals surface area contributed by atoms with E-state index in [0.717, 1.165) is 0 Å². The number of hydrogen-bond donors (Lipinski definition) is 0. The Bertz CT molecular complexity index is 46.8. The summed E-state index contributed by atoms with van der Waals surface area (Å²) in [6, 6.07) is 0. The zero-order valence-corrected chi connectivity index (χ0v) is 2.89. The van der Waals surface area contributed by atoms with Crippen LogP contribution < -0.4 is 0 Å². The molecule has 0 atom stereocenters. The second-order valence-electron chi connectivity index (χ2n) is 0.609. The minimum absolute atomic E-state index is 0. The van der Waals surface area contributed by atoms with Crippen LogP contribution in [0.4, 0.5) is 0 Å². The van der Waals surface area contributed by atoms with Crippen LogP contribution in [0.15, 0.2) is 0 Å². The van der Waals surface area contributed by atoms with Crippen molar-refractivity contribution in [3.8, 4) is 0 Å². The second-order valence-corrected chi connectivity index (χ2v) is 0.609. The van der Waals surface area contributed by atoms with Crippen LogP contribution in [-0.2, 0) is 9.45 Å². The SMILES string of the molecule is [B]OC(C)=O.[NaH]. The molecule has 0 heterocycles. The summed E-state index contributed by atoms with van der Waals surface area (Å²) in [5, 5.41) is 0. The summed E-state index contributed by atoms with van der Waals surface area (Å²) in [4.78, 5) is 9.47. The van der Waals surface area contributed by atoms with Gasteiger partial charge in [-0.05, 0) is 0 Å². The van der Waals surface area contributed by atoms with Crippen LogP contribution in [0.1, 0.15) is 6.92 Å². The Labute approximate surface area is 60.0 Å². The van der Waals surface area contributed by atoms with Gasteiger partial charge in [0, 0.05) is 6.92 Å². The Morgan fingerprint density at radius 2 is 2.00 bits per heavy atom. The topological polar surface area (TPSA) is 26.3 Å². The molecule has 0 N–H and O–H groups in total. The van der Waals surface area contributed by atoms with E-state index in [1.165, 1.54) is 6.92 Å². The van der Waals surface area contributed by atoms with Gasteiger partial charge in [0.15, 0.2) is 0 Å². The predicted octanol–water partition coefficient (Wildman–Crippen LogP) is -1.02. The van der Waals surface area contributed by atoms with Gasteiger partial charge in [0.05, 0.1) is 0 Å². The van der Waals surface area contributed by atoms with Crippen molar-refractivity contribution < 1.29 is 9.45 Å². The van der Waals surface area contributed by atoms with Crippen LogP contribution in [0.25, 0.3) is 0 Å². The average molecular weight is 93.9 g/mol. The fraction of sp³-hybridized carbons (Fsp3) is 0.500. The number of rotatable bonds is 0. The van der Waals surface area contributed by atoms with E-state index in [0.29, 0.717) is 0 Å². The molecule has 0 rings (SSSR count). The maximum atomic E-state index is 9.47. The molecule has 0 unspecified atom stereocenters.